The number of carbonyl (C=O) groups is 5. The maximum atomic E-state index is 14.0. The predicted molar refractivity (Wildman–Crippen MR) is 191 cm³/mol. The molecule has 0 spiro atoms. The van der Waals surface area contributed by atoms with Crippen LogP contribution in [0, 0.1) is 0 Å². The Morgan fingerprint density at radius 1 is 1.10 bits per heavy atom. The van der Waals surface area contributed by atoms with E-state index in [1.165, 1.54) is 33.8 Å². The molecule has 0 bridgehead atoms. The minimum atomic E-state index is -1.02. The zero-order valence-corrected chi connectivity index (χ0v) is 30.1. The number of nitrogens with one attached hydrogen (secondary N) is 2. The Kier molecular flexibility index (Phi) is 12.0. The van der Waals surface area contributed by atoms with Crippen LogP contribution in [0.3, 0.4) is 0 Å². The Labute approximate surface area is 301 Å². The maximum absolute atomic E-state index is 14.0. The SMILES string of the molecule is CSCC1=C(C(=O)OC(c2ccccc2)c2ccccc2)N2C(=O)C(NC(=O)C(=NOCC(=O)OC(C)(C)C)c3csc(NC=O)n3)[C@@H]2SC1. The third-order valence-electron chi connectivity index (χ3n) is 7.18. The van der Waals surface area contributed by atoms with E-state index in [9.17, 15) is 24.0 Å². The number of amides is 3. The van der Waals surface area contributed by atoms with Crippen molar-refractivity contribution in [2.24, 2.45) is 5.16 Å². The predicted octanol–water partition coefficient (Wildman–Crippen LogP) is 4.12. The summed E-state index contributed by atoms with van der Waals surface area (Å²) < 4.78 is 11.4. The van der Waals surface area contributed by atoms with E-state index < -0.39 is 53.5 Å². The van der Waals surface area contributed by atoms with Gasteiger partial charge in [0, 0.05) is 16.9 Å². The zero-order valence-electron chi connectivity index (χ0n) is 27.6. The summed E-state index contributed by atoms with van der Waals surface area (Å²) in [6.45, 7) is 4.50. The standard InChI is InChI=1S/C34H35N5O8S3/c1-34(2,3)47-24(41)15-45-38-25(23-18-50-33(36-23)35-19-40)29(42)37-26-30(43)39-27(22(16-48-4)17-49-31(26)39)32(44)46-28(20-11-7-5-8-12-20)21-13-9-6-10-14-21/h5-14,18-19,26,28,31H,15-17H2,1-4H3,(H,37,42)(H,35,36,40)/t26?,31-/m0/s1. The first-order chi connectivity index (χ1) is 24.0. The third kappa shape index (κ3) is 8.73. The fourth-order valence-electron chi connectivity index (χ4n) is 5.14. The van der Waals surface area contributed by atoms with E-state index in [0.29, 0.717) is 17.9 Å². The highest BCUT2D eigenvalue weighted by Gasteiger charge is 2.55. The summed E-state index contributed by atoms with van der Waals surface area (Å²) in [6, 6.07) is 17.7. The second-order valence-electron chi connectivity index (χ2n) is 12.0. The third-order valence-corrected chi connectivity index (χ3v) is 9.93. The first-order valence-electron chi connectivity index (χ1n) is 15.4. The number of anilines is 1. The van der Waals surface area contributed by atoms with Crippen molar-refractivity contribution in [2.45, 2.75) is 43.9 Å². The van der Waals surface area contributed by atoms with Crippen molar-refractivity contribution >= 4 is 75.9 Å². The van der Waals surface area contributed by atoms with Gasteiger partial charge in [0.2, 0.25) is 13.0 Å². The summed E-state index contributed by atoms with van der Waals surface area (Å²) in [6.07, 6.45) is 1.62. The monoisotopic (exact) mass is 737 g/mol. The molecule has 0 radical (unpaired) electrons. The summed E-state index contributed by atoms with van der Waals surface area (Å²) in [5, 5.41) is 10.0. The Hall–Kier alpha value is -4.67. The fraction of sp³-hybridized carbons (Fsp3) is 0.324. The molecule has 2 atom stereocenters. The van der Waals surface area contributed by atoms with E-state index in [0.717, 1.165) is 28.0 Å². The van der Waals surface area contributed by atoms with Gasteiger partial charge in [-0.25, -0.2) is 14.6 Å². The van der Waals surface area contributed by atoms with Crippen molar-refractivity contribution in [3.63, 3.8) is 0 Å². The topological polar surface area (TPSA) is 166 Å². The first kappa shape index (κ1) is 36.6. The van der Waals surface area contributed by atoms with Crippen LogP contribution in [-0.2, 0) is 38.3 Å². The molecule has 3 aromatic rings. The lowest BCUT2D eigenvalue weighted by Crippen LogP contribution is -2.71. The average Bonchev–Trinajstić information content (AvgIpc) is 3.56. The number of thioether (sulfide) groups is 2. The summed E-state index contributed by atoms with van der Waals surface area (Å²) in [7, 11) is 0. The van der Waals surface area contributed by atoms with Crippen LogP contribution >= 0.6 is 34.9 Å². The van der Waals surface area contributed by atoms with Crippen molar-refractivity contribution in [3.05, 3.63) is 94.1 Å². The normalized spacial score (nSPS) is 17.4. The number of carbonyl (C=O) groups excluding carboxylic acids is 5. The number of nitrogens with zero attached hydrogens (tertiary/aromatic N) is 3. The number of thiazole rings is 1. The van der Waals surface area contributed by atoms with Crippen LogP contribution in [0.1, 0.15) is 43.7 Å². The van der Waals surface area contributed by atoms with E-state index in [1.807, 2.05) is 66.9 Å². The Morgan fingerprint density at radius 3 is 2.36 bits per heavy atom. The van der Waals surface area contributed by atoms with Crippen molar-refractivity contribution in [1.82, 2.24) is 15.2 Å². The Bertz CT molecular complexity index is 1750. The highest BCUT2D eigenvalue weighted by molar-refractivity contribution is 8.00. The number of oxime groups is 1. The average molecular weight is 738 g/mol. The number of hydrogen-bond donors (Lipinski definition) is 2. The van der Waals surface area contributed by atoms with Crippen molar-refractivity contribution < 1.29 is 38.3 Å². The lowest BCUT2D eigenvalue weighted by Gasteiger charge is -2.49. The summed E-state index contributed by atoms with van der Waals surface area (Å²) >= 11 is 3.96. The van der Waals surface area contributed by atoms with Crippen LogP contribution in [0.15, 0.2) is 82.5 Å². The molecule has 2 aliphatic rings. The van der Waals surface area contributed by atoms with Crippen LogP contribution in [0.2, 0.25) is 0 Å². The van der Waals surface area contributed by atoms with Gasteiger partial charge in [-0.05, 0) is 43.7 Å². The van der Waals surface area contributed by atoms with E-state index in [1.54, 1.807) is 20.8 Å². The Morgan fingerprint density at radius 2 is 1.76 bits per heavy atom. The van der Waals surface area contributed by atoms with Gasteiger partial charge in [0.25, 0.3) is 11.8 Å². The minimum absolute atomic E-state index is 0.0419. The van der Waals surface area contributed by atoms with E-state index in [4.69, 9.17) is 14.3 Å². The highest BCUT2D eigenvalue weighted by Crippen LogP contribution is 2.42. The lowest BCUT2D eigenvalue weighted by molar-refractivity contribution is -0.160. The molecule has 13 nitrogen and oxygen atoms in total. The largest absolute Gasteiger partial charge is 0.457 e. The summed E-state index contributed by atoms with van der Waals surface area (Å²) in [5.41, 5.74) is 1.40. The molecule has 16 heteroatoms. The van der Waals surface area contributed by atoms with Crippen LogP contribution in [0.25, 0.3) is 0 Å². The summed E-state index contributed by atoms with van der Waals surface area (Å²) in [5.74, 6) is -1.75. The molecule has 1 fully saturated rings. The molecule has 0 aliphatic carbocycles. The molecule has 50 heavy (non-hydrogen) atoms. The first-order valence-corrected chi connectivity index (χ1v) is 18.7. The summed E-state index contributed by atoms with van der Waals surface area (Å²) in [4.78, 5) is 75.3. The maximum Gasteiger partial charge on any atom is 0.356 e. The van der Waals surface area contributed by atoms with Crippen molar-refractivity contribution in [2.75, 3.05) is 29.7 Å². The molecule has 5 rings (SSSR count). The quantitative estimate of drug-likeness (QED) is 0.0804. The number of aromatic nitrogens is 1. The second kappa shape index (κ2) is 16.4. The van der Waals surface area contributed by atoms with Crippen LogP contribution in [-0.4, -0.2) is 87.1 Å². The minimum Gasteiger partial charge on any atom is -0.457 e. The van der Waals surface area contributed by atoms with Gasteiger partial charge >= 0.3 is 11.9 Å². The number of rotatable bonds is 14. The van der Waals surface area contributed by atoms with Crippen molar-refractivity contribution in [3.8, 4) is 0 Å². The number of ether oxygens (including phenoxy) is 2. The van der Waals surface area contributed by atoms with Gasteiger partial charge in [-0.2, -0.15) is 11.8 Å². The molecule has 1 unspecified atom stereocenters. The number of benzene rings is 2. The van der Waals surface area contributed by atoms with Gasteiger partial charge in [-0.15, -0.1) is 23.1 Å². The molecule has 262 valence electrons. The molecule has 2 aromatic carbocycles. The smallest absolute Gasteiger partial charge is 0.356 e. The Balaban J connectivity index is 1.36. The lowest BCUT2D eigenvalue weighted by atomic mass is 10.0. The molecule has 0 saturated carbocycles. The molecule has 3 heterocycles. The van der Waals surface area contributed by atoms with E-state index in [-0.39, 0.29) is 22.2 Å². The number of fused-ring (bicyclic) bond motifs is 1. The van der Waals surface area contributed by atoms with Gasteiger partial charge in [-0.3, -0.25) is 19.3 Å². The second-order valence-corrected chi connectivity index (χ2v) is 14.8. The van der Waals surface area contributed by atoms with Gasteiger partial charge < -0.3 is 24.9 Å². The van der Waals surface area contributed by atoms with Crippen molar-refractivity contribution in [1.29, 1.82) is 0 Å². The molecule has 3 amide bonds. The van der Waals surface area contributed by atoms with Gasteiger partial charge in [0.05, 0.1) is 0 Å². The fourth-order valence-corrected chi connectivity index (χ4v) is 7.86. The molecular formula is C34H35N5O8S3. The molecule has 2 aliphatic heterocycles. The molecule has 1 saturated heterocycles. The zero-order chi connectivity index (χ0) is 35.8. The highest BCUT2D eigenvalue weighted by atomic mass is 32.2. The van der Waals surface area contributed by atoms with Gasteiger partial charge in [0.15, 0.2) is 16.9 Å². The number of β-lactam (4-membered cyclic amide) rings is 1. The van der Waals surface area contributed by atoms with E-state index >= 15 is 0 Å². The van der Waals surface area contributed by atoms with Gasteiger partial charge in [-0.1, -0.05) is 65.8 Å². The number of hydrogen-bond acceptors (Lipinski definition) is 13. The van der Waals surface area contributed by atoms with Crippen LogP contribution in [0.4, 0.5) is 5.13 Å². The number of esters is 2. The molecular weight excluding hydrogens is 703 g/mol. The van der Waals surface area contributed by atoms with E-state index in [2.05, 4.69) is 20.8 Å². The molecule has 2 N–H and O–H groups in total. The molecule has 1 aromatic heterocycles. The van der Waals surface area contributed by atoms with Crippen LogP contribution < -0.4 is 10.6 Å². The van der Waals surface area contributed by atoms with Gasteiger partial charge in [0.1, 0.15) is 28.4 Å². The van der Waals surface area contributed by atoms with Crippen LogP contribution in [0.5, 0.6) is 0 Å².